The molecule has 3 aromatic rings. The van der Waals surface area contributed by atoms with E-state index in [-0.39, 0.29) is 23.5 Å². The summed E-state index contributed by atoms with van der Waals surface area (Å²) in [7, 11) is 1.36. The van der Waals surface area contributed by atoms with E-state index in [2.05, 4.69) is 5.32 Å². The number of ketones is 1. The maximum Gasteiger partial charge on any atom is 0.437 e. The van der Waals surface area contributed by atoms with Crippen molar-refractivity contribution in [3.63, 3.8) is 0 Å². The molecule has 1 heterocycles. The molecule has 0 aliphatic carbocycles. The first-order valence-corrected chi connectivity index (χ1v) is 11.0. The first-order chi connectivity index (χ1) is 17.1. The molecule has 1 fully saturated rings. The Morgan fingerprint density at radius 2 is 1.64 bits per heavy atom. The Morgan fingerprint density at radius 1 is 1.00 bits per heavy atom. The van der Waals surface area contributed by atoms with E-state index in [4.69, 9.17) is 9.47 Å². The van der Waals surface area contributed by atoms with Gasteiger partial charge in [-0.15, -0.1) is 0 Å². The molecule has 4 rings (SSSR count). The van der Waals surface area contributed by atoms with Crippen LogP contribution in [0, 0.1) is 5.92 Å². The molecule has 0 unspecified atom stereocenters. The summed E-state index contributed by atoms with van der Waals surface area (Å²) in [5.41, 5.74) is -2.87. The summed E-state index contributed by atoms with van der Waals surface area (Å²) in [4.78, 5) is 25.6. The highest BCUT2D eigenvalue weighted by Crippen LogP contribution is 2.45. The van der Waals surface area contributed by atoms with Crippen LogP contribution in [0.2, 0.25) is 0 Å². The van der Waals surface area contributed by atoms with Crippen LogP contribution in [-0.2, 0) is 6.61 Å². The molecule has 0 radical (unpaired) electrons. The number of methoxy groups -OCH3 is 1. The first-order valence-electron chi connectivity index (χ1n) is 11.0. The number of benzene rings is 3. The van der Waals surface area contributed by atoms with Gasteiger partial charge in [0.2, 0.25) is 5.72 Å². The number of alkyl halides is 3. The minimum atomic E-state index is -5.35. The van der Waals surface area contributed by atoms with Gasteiger partial charge in [-0.3, -0.25) is 4.79 Å². The number of rotatable bonds is 7. The summed E-state index contributed by atoms with van der Waals surface area (Å²) >= 11 is 0. The monoisotopic (exact) mass is 500 g/mol. The predicted octanol–water partition coefficient (Wildman–Crippen LogP) is 4.38. The van der Waals surface area contributed by atoms with E-state index in [1.165, 1.54) is 54.9 Å². The van der Waals surface area contributed by atoms with Crippen molar-refractivity contribution >= 4 is 11.8 Å². The molecule has 1 saturated heterocycles. The highest BCUT2D eigenvalue weighted by molar-refractivity contribution is 6.00. The van der Waals surface area contributed by atoms with Crippen molar-refractivity contribution in [2.45, 2.75) is 24.6 Å². The van der Waals surface area contributed by atoms with Gasteiger partial charge < -0.3 is 25.2 Å². The summed E-state index contributed by atoms with van der Waals surface area (Å²) in [6.07, 6.45) is -5.35. The zero-order valence-corrected chi connectivity index (χ0v) is 19.1. The number of carbonyl (C=O) groups excluding carboxylic acids is 2. The Bertz CT molecular complexity index is 1240. The molecule has 1 aliphatic rings. The van der Waals surface area contributed by atoms with Crippen molar-refractivity contribution in [3.8, 4) is 11.5 Å². The number of ether oxygens (including phenoxy) is 2. The number of carbonyl (C=O) groups is 2. The third-order valence-electron chi connectivity index (χ3n) is 5.93. The number of hydrogen-bond acceptors (Lipinski definition) is 5. The van der Waals surface area contributed by atoms with Crippen LogP contribution in [0.5, 0.6) is 11.5 Å². The van der Waals surface area contributed by atoms with Crippen LogP contribution in [0.3, 0.4) is 0 Å². The van der Waals surface area contributed by atoms with E-state index < -0.39 is 35.7 Å². The van der Waals surface area contributed by atoms with E-state index >= 15 is 0 Å². The zero-order valence-electron chi connectivity index (χ0n) is 19.1. The lowest BCUT2D eigenvalue weighted by atomic mass is 9.77. The molecule has 0 saturated carbocycles. The Morgan fingerprint density at radius 3 is 2.25 bits per heavy atom. The van der Waals surface area contributed by atoms with Gasteiger partial charge >= 0.3 is 12.2 Å². The van der Waals surface area contributed by atoms with Gasteiger partial charge in [0.15, 0.2) is 17.3 Å². The number of halogens is 3. The number of hydrogen-bond donors (Lipinski definition) is 3. The molecule has 3 aromatic carbocycles. The lowest BCUT2D eigenvalue weighted by Gasteiger charge is -2.45. The van der Waals surface area contributed by atoms with Gasteiger partial charge in [-0.1, -0.05) is 66.7 Å². The number of amides is 2. The van der Waals surface area contributed by atoms with E-state index in [1.54, 1.807) is 6.07 Å². The molecule has 36 heavy (non-hydrogen) atoms. The largest absolute Gasteiger partial charge is 0.493 e. The highest BCUT2D eigenvalue weighted by Gasteiger charge is 2.66. The van der Waals surface area contributed by atoms with Crippen molar-refractivity contribution in [2.75, 3.05) is 7.11 Å². The van der Waals surface area contributed by atoms with Gasteiger partial charge in [0.1, 0.15) is 12.5 Å². The van der Waals surface area contributed by atoms with E-state index in [0.717, 1.165) is 5.56 Å². The Labute approximate surface area is 204 Å². The summed E-state index contributed by atoms with van der Waals surface area (Å²) in [5.74, 6) is -2.66. The Balaban J connectivity index is 1.73. The summed E-state index contributed by atoms with van der Waals surface area (Å²) in [6.45, 7) is 0.212. The van der Waals surface area contributed by atoms with E-state index in [1.807, 2.05) is 30.3 Å². The maximum absolute atomic E-state index is 14.1. The normalized spacial score (nSPS) is 21.8. The summed E-state index contributed by atoms with van der Waals surface area (Å²) < 4.78 is 53.5. The summed E-state index contributed by atoms with van der Waals surface area (Å²) in [6, 6.07) is 18.0. The molecular formula is C26H23F3N2O5. The standard InChI is InChI=1S/C26H23F3N2O5/c1-35-20-14-18(12-13-19(20)36-15-16-8-4-2-5-9-16)22-21(23(32)17-10-6-3-7-11-17)25(34,26(27,28)29)31-24(33)30-22/h2-14,21-22,34H,15H2,1H3,(H2,30,31,33)/t21-,22+,25-/m1/s1. The number of urea groups is 1. The van der Waals surface area contributed by atoms with Crippen molar-refractivity contribution in [1.82, 2.24) is 10.6 Å². The average molecular weight is 500 g/mol. The van der Waals surface area contributed by atoms with E-state index in [0.29, 0.717) is 5.75 Å². The van der Waals surface area contributed by atoms with Crippen molar-refractivity contribution in [3.05, 3.63) is 95.6 Å². The van der Waals surface area contributed by atoms with Gasteiger partial charge in [0.25, 0.3) is 0 Å². The fourth-order valence-electron chi connectivity index (χ4n) is 4.13. The van der Waals surface area contributed by atoms with Gasteiger partial charge in [0, 0.05) is 5.56 Å². The molecular weight excluding hydrogens is 477 g/mol. The second kappa shape index (κ2) is 9.90. The van der Waals surface area contributed by atoms with E-state index in [9.17, 15) is 27.9 Å². The molecule has 0 aromatic heterocycles. The second-order valence-electron chi connectivity index (χ2n) is 8.23. The van der Waals surface area contributed by atoms with Crippen molar-refractivity contribution in [2.24, 2.45) is 5.92 Å². The quantitative estimate of drug-likeness (QED) is 0.419. The van der Waals surface area contributed by atoms with Gasteiger partial charge in [-0.2, -0.15) is 13.2 Å². The minimum absolute atomic E-state index is 0.0529. The van der Waals surface area contributed by atoms with Crippen molar-refractivity contribution < 1.29 is 37.3 Å². The molecule has 1 aliphatic heterocycles. The molecule has 3 atom stereocenters. The van der Waals surface area contributed by atoms with Crippen LogP contribution in [0.15, 0.2) is 78.9 Å². The van der Waals surface area contributed by atoms with Crippen LogP contribution in [0.4, 0.5) is 18.0 Å². The lowest BCUT2D eigenvalue weighted by molar-refractivity contribution is -0.287. The van der Waals surface area contributed by atoms with Crippen LogP contribution in [0.25, 0.3) is 0 Å². The Hall–Kier alpha value is -4.05. The molecule has 0 spiro atoms. The molecule has 0 bridgehead atoms. The fourth-order valence-corrected chi connectivity index (χ4v) is 4.13. The molecule has 7 nitrogen and oxygen atoms in total. The molecule has 188 valence electrons. The minimum Gasteiger partial charge on any atom is -0.493 e. The lowest BCUT2D eigenvalue weighted by Crippen LogP contribution is -2.72. The fraction of sp³-hybridized carbons (Fsp3) is 0.231. The number of nitrogens with one attached hydrogen (secondary N) is 2. The molecule has 3 N–H and O–H groups in total. The maximum atomic E-state index is 14.1. The summed E-state index contributed by atoms with van der Waals surface area (Å²) in [5, 5.41) is 14.6. The topological polar surface area (TPSA) is 96.9 Å². The second-order valence-corrected chi connectivity index (χ2v) is 8.23. The van der Waals surface area contributed by atoms with Crippen LogP contribution in [-0.4, -0.2) is 35.9 Å². The van der Waals surface area contributed by atoms with Crippen LogP contribution >= 0.6 is 0 Å². The predicted molar refractivity (Wildman–Crippen MR) is 123 cm³/mol. The SMILES string of the molecule is COc1cc([C@@H]2NC(=O)N[C@](O)(C(F)(F)F)[C@H]2C(=O)c2ccccc2)ccc1OCc1ccccc1. The molecule has 2 amide bonds. The smallest absolute Gasteiger partial charge is 0.437 e. The first kappa shape index (κ1) is 25.1. The zero-order chi connectivity index (χ0) is 25.9. The van der Waals surface area contributed by atoms with Crippen LogP contribution < -0.4 is 20.1 Å². The van der Waals surface area contributed by atoms with Gasteiger partial charge in [0.05, 0.1) is 13.2 Å². The highest BCUT2D eigenvalue weighted by atomic mass is 19.4. The molecule has 10 heteroatoms. The average Bonchev–Trinajstić information content (AvgIpc) is 2.87. The van der Waals surface area contributed by atoms with Gasteiger partial charge in [-0.05, 0) is 23.3 Å². The third-order valence-corrected chi connectivity index (χ3v) is 5.93. The number of Topliss-reactive ketones (excluding diaryl/α,β-unsaturated/α-hetero) is 1. The van der Waals surface area contributed by atoms with Crippen molar-refractivity contribution in [1.29, 1.82) is 0 Å². The third kappa shape index (κ3) is 4.85. The van der Waals surface area contributed by atoms with Gasteiger partial charge in [-0.25, -0.2) is 4.79 Å². The van der Waals surface area contributed by atoms with Crippen LogP contribution in [0.1, 0.15) is 27.5 Å². The number of aliphatic hydroxyl groups is 1. The Kier molecular flexibility index (Phi) is 6.89.